The number of ether oxygens (including phenoxy) is 2. The number of nitrogens with one attached hydrogen (secondary N) is 1. The molecule has 1 aromatic carbocycles. The highest BCUT2D eigenvalue weighted by Crippen LogP contribution is 2.31. The molecule has 0 aliphatic rings. The van der Waals surface area contributed by atoms with Crippen molar-refractivity contribution in [2.75, 3.05) is 19.0 Å². The van der Waals surface area contributed by atoms with Gasteiger partial charge in [0.1, 0.15) is 5.75 Å². The van der Waals surface area contributed by atoms with Crippen LogP contribution in [0.25, 0.3) is 0 Å². The summed E-state index contributed by atoms with van der Waals surface area (Å²) in [6, 6.07) is 5.63. The van der Waals surface area contributed by atoms with Crippen LogP contribution in [0.5, 0.6) is 5.75 Å². The van der Waals surface area contributed by atoms with E-state index in [0.717, 1.165) is 20.8 Å². The van der Waals surface area contributed by atoms with E-state index in [-0.39, 0.29) is 0 Å². The summed E-state index contributed by atoms with van der Waals surface area (Å²) in [6.45, 7) is 3.95. The number of hydrogen-bond donors (Lipinski definition) is 1. The third kappa shape index (κ3) is 3.74. The molecule has 1 heterocycles. The predicted molar refractivity (Wildman–Crippen MR) is 86.8 cm³/mol. The van der Waals surface area contributed by atoms with Gasteiger partial charge in [0.15, 0.2) is 10.8 Å². The van der Waals surface area contributed by atoms with Crippen molar-refractivity contribution in [1.29, 1.82) is 0 Å². The van der Waals surface area contributed by atoms with Gasteiger partial charge in [-0.25, -0.2) is 9.78 Å². The van der Waals surface area contributed by atoms with Crippen molar-refractivity contribution in [2.24, 2.45) is 0 Å². The normalized spacial score (nSPS) is 10.3. The number of thiazole rings is 1. The van der Waals surface area contributed by atoms with E-state index >= 15 is 0 Å². The second kappa shape index (κ2) is 6.91. The van der Waals surface area contributed by atoms with Gasteiger partial charge in [0.2, 0.25) is 0 Å². The minimum atomic E-state index is -0.396. The first-order valence-electron chi connectivity index (χ1n) is 6.30. The Balaban J connectivity index is 2.20. The van der Waals surface area contributed by atoms with Crippen molar-refractivity contribution in [2.45, 2.75) is 13.8 Å². The maximum Gasteiger partial charge on any atom is 0.358 e. The first kappa shape index (κ1) is 15.8. The summed E-state index contributed by atoms with van der Waals surface area (Å²) in [7, 11) is 1.61. The smallest absolute Gasteiger partial charge is 0.358 e. The van der Waals surface area contributed by atoms with Crippen LogP contribution in [0, 0.1) is 6.92 Å². The zero-order valence-electron chi connectivity index (χ0n) is 11.9. The van der Waals surface area contributed by atoms with Gasteiger partial charge < -0.3 is 14.8 Å². The predicted octanol–water partition coefficient (Wildman–Crippen LogP) is 4.14. The molecule has 0 saturated heterocycles. The lowest BCUT2D eigenvalue weighted by Crippen LogP contribution is -2.06. The molecular formula is C14H15BrN2O3S. The molecule has 1 N–H and O–H groups in total. The lowest BCUT2D eigenvalue weighted by molar-refractivity contribution is 0.0519. The lowest BCUT2D eigenvalue weighted by Gasteiger charge is -2.07. The Morgan fingerprint density at radius 3 is 2.90 bits per heavy atom. The molecule has 5 nitrogen and oxygen atoms in total. The molecule has 0 spiro atoms. The fourth-order valence-corrected chi connectivity index (χ4v) is 2.93. The molecule has 112 valence electrons. The standard InChI is InChI=1S/C14H15BrN2O3S/c1-4-20-13(18)12-8(2)21-14(17-12)16-9-5-6-10(15)11(7-9)19-3/h5-7H,4H2,1-3H3,(H,16,17). The number of anilines is 2. The summed E-state index contributed by atoms with van der Waals surface area (Å²) in [5, 5.41) is 3.80. The average molecular weight is 371 g/mol. The number of esters is 1. The Morgan fingerprint density at radius 1 is 1.48 bits per heavy atom. The van der Waals surface area contributed by atoms with Crippen molar-refractivity contribution in [3.8, 4) is 5.75 Å². The summed E-state index contributed by atoms with van der Waals surface area (Å²) in [6.07, 6.45) is 0. The Labute approximate surface area is 135 Å². The van der Waals surface area contributed by atoms with Crippen molar-refractivity contribution >= 4 is 44.1 Å². The molecule has 0 amide bonds. The summed E-state index contributed by atoms with van der Waals surface area (Å²) < 4.78 is 11.1. The monoisotopic (exact) mass is 370 g/mol. The second-order valence-corrected chi connectivity index (χ2v) is 6.18. The van der Waals surface area contributed by atoms with E-state index in [2.05, 4.69) is 26.2 Å². The summed E-state index contributed by atoms with van der Waals surface area (Å²) in [5.74, 6) is 0.326. The SMILES string of the molecule is CCOC(=O)c1nc(Nc2ccc(Br)c(OC)c2)sc1C. The Kier molecular flexibility index (Phi) is 5.19. The molecule has 0 atom stereocenters. The maximum atomic E-state index is 11.7. The van der Waals surface area contributed by atoms with E-state index in [1.54, 1.807) is 14.0 Å². The van der Waals surface area contributed by atoms with Crippen LogP contribution in [0.3, 0.4) is 0 Å². The van der Waals surface area contributed by atoms with Crippen LogP contribution >= 0.6 is 27.3 Å². The number of aromatic nitrogens is 1. The van der Waals surface area contributed by atoms with Gasteiger partial charge >= 0.3 is 5.97 Å². The number of aryl methyl sites for hydroxylation is 1. The lowest BCUT2D eigenvalue weighted by atomic mass is 10.3. The zero-order valence-corrected chi connectivity index (χ0v) is 14.3. The van der Waals surface area contributed by atoms with Gasteiger partial charge in [0, 0.05) is 16.6 Å². The number of nitrogens with zero attached hydrogens (tertiary/aromatic N) is 1. The minimum absolute atomic E-state index is 0.336. The Bertz CT molecular complexity index is 658. The van der Waals surface area contributed by atoms with Crippen LogP contribution in [0.2, 0.25) is 0 Å². The number of carbonyl (C=O) groups excluding carboxylic acids is 1. The fraction of sp³-hybridized carbons (Fsp3) is 0.286. The highest BCUT2D eigenvalue weighted by atomic mass is 79.9. The molecule has 0 aliphatic heterocycles. The molecule has 2 rings (SSSR count). The van der Waals surface area contributed by atoms with Crippen LogP contribution < -0.4 is 10.1 Å². The van der Waals surface area contributed by atoms with Crippen LogP contribution in [-0.2, 0) is 4.74 Å². The second-order valence-electron chi connectivity index (χ2n) is 4.12. The van der Waals surface area contributed by atoms with E-state index in [4.69, 9.17) is 9.47 Å². The van der Waals surface area contributed by atoms with Gasteiger partial charge in [-0.1, -0.05) is 0 Å². The van der Waals surface area contributed by atoms with Crippen LogP contribution in [0.15, 0.2) is 22.7 Å². The number of benzene rings is 1. The summed E-state index contributed by atoms with van der Waals surface area (Å²) >= 11 is 4.81. The molecular weight excluding hydrogens is 356 g/mol. The summed E-state index contributed by atoms with van der Waals surface area (Å²) in [4.78, 5) is 16.8. The van der Waals surface area contributed by atoms with E-state index in [1.165, 1.54) is 11.3 Å². The van der Waals surface area contributed by atoms with E-state index in [1.807, 2.05) is 25.1 Å². The first-order chi connectivity index (χ1) is 10.0. The van der Waals surface area contributed by atoms with Gasteiger partial charge in [-0.3, -0.25) is 0 Å². The van der Waals surface area contributed by atoms with Crippen LogP contribution in [0.1, 0.15) is 22.3 Å². The van der Waals surface area contributed by atoms with Crippen molar-refractivity contribution in [1.82, 2.24) is 4.98 Å². The highest BCUT2D eigenvalue weighted by molar-refractivity contribution is 9.10. The molecule has 1 aromatic heterocycles. The number of carbonyl (C=O) groups is 1. The quantitative estimate of drug-likeness (QED) is 0.801. The number of hydrogen-bond acceptors (Lipinski definition) is 6. The first-order valence-corrected chi connectivity index (χ1v) is 7.91. The molecule has 21 heavy (non-hydrogen) atoms. The van der Waals surface area contributed by atoms with Crippen LogP contribution in [-0.4, -0.2) is 24.7 Å². The van der Waals surface area contributed by atoms with E-state index < -0.39 is 5.97 Å². The third-order valence-electron chi connectivity index (χ3n) is 2.67. The maximum absolute atomic E-state index is 11.7. The topological polar surface area (TPSA) is 60.5 Å². The summed E-state index contributed by atoms with van der Waals surface area (Å²) in [5.41, 5.74) is 1.19. The van der Waals surface area contributed by atoms with Crippen molar-refractivity contribution < 1.29 is 14.3 Å². The van der Waals surface area contributed by atoms with Gasteiger partial charge in [0.05, 0.1) is 18.2 Å². The molecule has 0 radical (unpaired) electrons. The molecule has 2 aromatic rings. The van der Waals surface area contributed by atoms with Gasteiger partial charge in [-0.2, -0.15) is 0 Å². The Morgan fingerprint density at radius 2 is 2.24 bits per heavy atom. The molecule has 0 unspecified atom stereocenters. The van der Waals surface area contributed by atoms with Gasteiger partial charge in [0.25, 0.3) is 0 Å². The van der Waals surface area contributed by atoms with E-state index in [9.17, 15) is 4.79 Å². The average Bonchev–Trinajstić information content (AvgIpc) is 2.82. The van der Waals surface area contributed by atoms with Crippen molar-refractivity contribution in [3.63, 3.8) is 0 Å². The fourth-order valence-electron chi connectivity index (χ4n) is 1.70. The molecule has 0 saturated carbocycles. The number of halogens is 1. The number of rotatable bonds is 5. The number of methoxy groups -OCH3 is 1. The van der Waals surface area contributed by atoms with E-state index in [0.29, 0.717) is 17.4 Å². The Hall–Kier alpha value is -1.60. The third-order valence-corrected chi connectivity index (χ3v) is 4.21. The zero-order chi connectivity index (χ0) is 15.4. The van der Waals surface area contributed by atoms with Gasteiger partial charge in [-0.15, -0.1) is 11.3 Å². The molecule has 0 aliphatic carbocycles. The molecule has 7 heteroatoms. The highest BCUT2D eigenvalue weighted by Gasteiger charge is 2.16. The molecule has 0 fully saturated rings. The van der Waals surface area contributed by atoms with Crippen molar-refractivity contribution in [3.05, 3.63) is 33.2 Å². The largest absolute Gasteiger partial charge is 0.495 e. The minimum Gasteiger partial charge on any atom is -0.495 e. The molecule has 0 bridgehead atoms. The van der Waals surface area contributed by atoms with Crippen LogP contribution in [0.4, 0.5) is 10.8 Å². The van der Waals surface area contributed by atoms with Gasteiger partial charge in [-0.05, 0) is 41.9 Å².